The standard InChI is InChI=1S/C18H22F3N5O2/c1-4-9-22-15-10-14(11(2)3)24-16(25-15)26-17(27)23-12-5-7-13(8-6-12)28-18(19,20)21/h5-8,10-11H,4,9H2,1-3H3,(H3,22,23,24,25,26,27). The molecule has 1 aromatic heterocycles. The molecule has 1 aromatic carbocycles. The molecule has 3 N–H and O–H groups in total. The zero-order chi connectivity index (χ0) is 20.7. The van der Waals surface area contributed by atoms with Crippen LogP contribution in [-0.2, 0) is 0 Å². The maximum absolute atomic E-state index is 12.2. The molecule has 0 saturated heterocycles. The minimum Gasteiger partial charge on any atom is -0.406 e. The molecule has 10 heteroatoms. The molecule has 0 aliphatic rings. The number of aromatic nitrogens is 2. The van der Waals surface area contributed by atoms with Gasteiger partial charge in [-0.15, -0.1) is 13.2 Å². The van der Waals surface area contributed by atoms with Gasteiger partial charge in [0.1, 0.15) is 11.6 Å². The van der Waals surface area contributed by atoms with Crippen LogP contribution in [0.25, 0.3) is 0 Å². The lowest BCUT2D eigenvalue weighted by Crippen LogP contribution is -2.22. The van der Waals surface area contributed by atoms with Crippen molar-refractivity contribution in [3.8, 4) is 5.75 Å². The van der Waals surface area contributed by atoms with Crippen molar-refractivity contribution >= 4 is 23.5 Å². The number of ether oxygens (including phenoxy) is 1. The van der Waals surface area contributed by atoms with E-state index < -0.39 is 12.4 Å². The van der Waals surface area contributed by atoms with E-state index in [0.29, 0.717) is 5.82 Å². The number of nitrogens with one attached hydrogen (secondary N) is 3. The summed E-state index contributed by atoms with van der Waals surface area (Å²) in [6, 6.07) is 5.99. The van der Waals surface area contributed by atoms with Crippen molar-refractivity contribution in [3.05, 3.63) is 36.0 Å². The van der Waals surface area contributed by atoms with Gasteiger partial charge < -0.3 is 15.4 Å². The molecule has 2 aromatic rings. The molecule has 7 nitrogen and oxygen atoms in total. The van der Waals surface area contributed by atoms with Crippen LogP contribution >= 0.6 is 0 Å². The highest BCUT2D eigenvalue weighted by atomic mass is 19.4. The molecule has 1 heterocycles. The predicted octanol–water partition coefficient (Wildman–Crippen LogP) is 4.96. The highest BCUT2D eigenvalue weighted by molar-refractivity contribution is 5.98. The molecule has 0 spiro atoms. The Kier molecular flexibility index (Phi) is 7.02. The second kappa shape index (κ2) is 9.25. The maximum atomic E-state index is 12.2. The molecule has 28 heavy (non-hydrogen) atoms. The van der Waals surface area contributed by atoms with Crippen LogP contribution in [0.15, 0.2) is 30.3 Å². The van der Waals surface area contributed by atoms with Gasteiger partial charge in [0, 0.05) is 18.3 Å². The van der Waals surface area contributed by atoms with Crippen molar-refractivity contribution in [2.45, 2.75) is 39.5 Å². The summed E-state index contributed by atoms with van der Waals surface area (Å²) in [5.41, 5.74) is 1.05. The molecule has 2 rings (SSSR count). The Labute approximate surface area is 160 Å². The van der Waals surface area contributed by atoms with Crippen molar-refractivity contribution in [1.29, 1.82) is 0 Å². The molecular formula is C18H22F3N5O2. The minimum atomic E-state index is -4.77. The van der Waals surface area contributed by atoms with Crippen LogP contribution < -0.4 is 20.7 Å². The van der Waals surface area contributed by atoms with E-state index >= 15 is 0 Å². The SMILES string of the molecule is CCCNc1cc(C(C)C)nc(NC(=O)Nc2ccc(OC(F)(F)F)cc2)n1. The van der Waals surface area contributed by atoms with E-state index in [1.165, 1.54) is 12.1 Å². The van der Waals surface area contributed by atoms with Gasteiger partial charge in [-0.1, -0.05) is 20.8 Å². The number of halogens is 3. The zero-order valence-corrected chi connectivity index (χ0v) is 15.7. The van der Waals surface area contributed by atoms with Crippen molar-refractivity contribution in [2.24, 2.45) is 0 Å². The fourth-order valence-electron chi connectivity index (χ4n) is 2.17. The third-order valence-corrected chi connectivity index (χ3v) is 3.46. The van der Waals surface area contributed by atoms with Crippen LogP contribution in [0.2, 0.25) is 0 Å². The predicted molar refractivity (Wildman–Crippen MR) is 101 cm³/mol. The largest absolute Gasteiger partial charge is 0.573 e. The normalized spacial score (nSPS) is 11.2. The van der Waals surface area contributed by atoms with Crippen LogP contribution in [-0.4, -0.2) is 28.9 Å². The smallest absolute Gasteiger partial charge is 0.406 e. The van der Waals surface area contributed by atoms with Crippen LogP contribution in [0.3, 0.4) is 0 Å². The molecule has 0 bridgehead atoms. The van der Waals surface area contributed by atoms with E-state index in [4.69, 9.17) is 0 Å². The number of benzene rings is 1. The average Bonchev–Trinajstić information content (AvgIpc) is 2.60. The Morgan fingerprint density at radius 2 is 1.82 bits per heavy atom. The van der Waals surface area contributed by atoms with E-state index in [9.17, 15) is 18.0 Å². The lowest BCUT2D eigenvalue weighted by Gasteiger charge is -2.13. The first-order valence-corrected chi connectivity index (χ1v) is 8.73. The lowest BCUT2D eigenvalue weighted by molar-refractivity contribution is -0.274. The maximum Gasteiger partial charge on any atom is 0.573 e. The Morgan fingerprint density at radius 1 is 1.14 bits per heavy atom. The topological polar surface area (TPSA) is 88.2 Å². The van der Waals surface area contributed by atoms with Gasteiger partial charge >= 0.3 is 12.4 Å². The summed E-state index contributed by atoms with van der Waals surface area (Å²) in [6.07, 6.45) is -3.85. The number of hydrogen-bond acceptors (Lipinski definition) is 5. The second-order valence-electron chi connectivity index (χ2n) is 6.23. The van der Waals surface area contributed by atoms with Gasteiger partial charge in [-0.2, -0.15) is 4.98 Å². The number of carbonyl (C=O) groups is 1. The number of amides is 2. The number of anilines is 3. The first kappa shape index (κ1) is 21.3. The monoisotopic (exact) mass is 397 g/mol. The summed E-state index contributed by atoms with van der Waals surface area (Å²) in [4.78, 5) is 20.7. The first-order valence-electron chi connectivity index (χ1n) is 8.73. The van der Waals surface area contributed by atoms with Gasteiger partial charge in [-0.3, -0.25) is 5.32 Å². The molecule has 2 amide bonds. The Balaban J connectivity index is 2.04. The highest BCUT2D eigenvalue weighted by Crippen LogP contribution is 2.24. The second-order valence-corrected chi connectivity index (χ2v) is 6.23. The summed E-state index contributed by atoms with van der Waals surface area (Å²) in [5, 5.41) is 8.19. The van der Waals surface area contributed by atoms with Crippen LogP contribution in [0.4, 0.5) is 35.4 Å². The highest BCUT2D eigenvalue weighted by Gasteiger charge is 2.30. The molecule has 152 valence electrons. The summed E-state index contributed by atoms with van der Waals surface area (Å²) in [7, 11) is 0. The van der Waals surface area contributed by atoms with Crippen molar-refractivity contribution in [3.63, 3.8) is 0 Å². The van der Waals surface area contributed by atoms with Gasteiger partial charge in [0.15, 0.2) is 0 Å². The van der Waals surface area contributed by atoms with Crippen LogP contribution in [0.1, 0.15) is 38.8 Å². The third-order valence-electron chi connectivity index (χ3n) is 3.46. The number of carbonyl (C=O) groups excluding carboxylic acids is 1. The number of urea groups is 1. The summed E-state index contributed by atoms with van der Waals surface area (Å²) in [5.74, 6) is 0.483. The molecule has 0 atom stereocenters. The van der Waals surface area contributed by atoms with Gasteiger partial charge in [-0.05, 0) is 36.6 Å². The molecule has 0 aliphatic heterocycles. The van der Waals surface area contributed by atoms with E-state index in [2.05, 4.69) is 30.7 Å². The Morgan fingerprint density at radius 3 is 2.39 bits per heavy atom. The van der Waals surface area contributed by atoms with E-state index in [1.54, 1.807) is 0 Å². The molecular weight excluding hydrogens is 375 g/mol. The van der Waals surface area contributed by atoms with Crippen molar-refractivity contribution in [1.82, 2.24) is 9.97 Å². The average molecular weight is 397 g/mol. The van der Waals surface area contributed by atoms with Gasteiger partial charge in [0.05, 0.1) is 5.69 Å². The number of alkyl halides is 3. The number of nitrogens with zero attached hydrogens (tertiary/aromatic N) is 2. The fourth-order valence-corrected chi connectivity index (χ4v) is 2.17. The zero-order valence-electron chi connectivity index (χ0n) is 15.7. The van der Waals surface area contributed by atoms with E-state index in [1.807, 2.05) is 26.8 Å². The van der Waals surface area contributed by atoms with Gasteiger partial charge in [0.2, 0.25) is 5.95 Å². The number of hydrogen-bond donors (Lipinski definition) is 3. The molecule has 0 saturated carbocycles. The van der Waals surface area contributed by atoms with Crippen LogP contribution in [0, 0.1) is 0 Å². The quantitative estimate of drug-likeness (QED) is 0.614. The summed E-state index contributed by atoms with van der Waals surface area (Å²) < 4.78 is 40.3. The lowest BCUT2D eigenvalue weighted by atomic mass is 10.1. The summed E-state index contributed by atoms with van der Waals surface area (Å²) in [6.45, 7) is 6.70. The van der Waals surface area contributed by atoms with E-state index in [0.717, 1.165) is 30.8 Å². The number of rotatable bonds is 7. The van der Waals surface area contributed by atoms with Crippen molar-refractivity contribution in [2.75, 3.05) is 22.5 Å². The molecule has 0 fully saturated rings. The van der Waals surface area contributed by atoms with Gasteiger partial charge in [-0.25, -0.2) is 9.78 Å². The molecule has 0 unspecified atom stereocenters. The van der Waals surface area contributed by atoms with Crippen LogP contribution in [0.5, 0.6) is 5.75 Å². The molecule has 0 aliphatic carbocycles. The van der Waals surface area contributed by atoms with Crippen molar-refractivity contribution < 1.29 is 22.7 Å². The molecule has 0 radical (unpaired) electrons. The minimum absolute atomic E-state index is 0.124. The third kappa shape index (κ3) is 6.93. The Bertz CT molecular complexity index is 795. The van der Waals surface area contributed by atoms with E-state index in [-0.39, 0.29) is 23.3 Å². The van der Waals surface area contributed by atoms with Gasteiger partial charge in [0.25, 0.3) is 0 Å². The Hall–Kier alpha value is -3.04. The fraction of sp³-hybridized carbons (Fsp3) is 0.389. The summed E-state index contributed by atoms with van der Waals surface area (Å²) >= 11 is 0. The first-order chi connectivity index (χ1) is 13.2.